The zero-order valence-corrected chi connectivity index (χ0v) is 15.2. The van der Waals surface area contributed by atoms with E-state index >= 15 is 0 Å². The smallest absolute Gasteiger partial charge is 0.270 e. The highest BCUT2D eigenvalue weighted by atomic mass is 19.1. The second-order valence-corrected chi connectivity index (χ2v) is 6.27. The molecule has 1 unspecified atom stereocenters. The minimum atomic E-state index is -0.376. The van der Waals surface area contributed by atoms with E-state index in [1.54, 1.807) is 31.2 Å². The number of amides is 1. The molecule has 0 fully saturated rings. The van der Waals surface area contributed by atoms with Crippen LogP contribution in [0.3, 0.4) is 0 Å². The summed E-state index contributed by atoms with van der Waals surface area (Å²) in [6.45, 7) is 3.89. The van der Waals surface area contributed by atoms with Gasteiger partial charge in [0.05, 0.1) is 6.04 Å². The molecule has 1 atom stereocenters. The highest BCUT2D eigenvalue weighted by molar-refractivity contribution is 5.92. The summed E-state index contributed by atoms with van der Waals surface area (Å²) in [6.07, 6.45) is 0. The maximum Gasteiger partial charge on any atom is 0.270 e. The van der Waals surface area contributed by atoms with Gasteiger partial charge in [-0.05, 0) is 31.5 Å². The maximum atomic E-state index is 13.7. The second-order valence-electron chi connectivity index (χ2n) is 6.27. The molecule has 0 radical (unpaired) electrons. The summed E-state index contributed by atoms with van der Waals surface area (Å²) >= 11 is 0. The molecule has 1 heterocycles. The summed E-state index contributed by atoms with van der Waals surface area (Å²) < 4.78 is 13.7. The third-order valence-corrected chi connectivity index (χ3v) is 4.13. The number of halogens is 1. The van der Waals surface area contributed by atoms with Crippen molar-refractivity contribution in [3.8, 4) is 0 Å². The van der Waals surface area contributed by atoms with Crippen LogP contribution in [0.2, 0.25) is 0 Å². The van der Waals surface area contributed by atoms with E-state index in [0.29, 0.717) is 17.2 Å². The van der Waals surface area contributed by atoms with Crippen LogP contribution in [0.4, 0.5) is 10.3 Å². The van der Waals surface area contributed by atoms with Gasteiger partial charge in [-0.25, -0.2) is 14.4 Å². The van der Waals surface area contributed by atoms with Gasteiger partial charge in [-0.15, -0.1) is 0 Å². The number of nitrogens with zero attached hydrogens (tertiary/aromatic N) is 2. The van der Waals surface area contributed by atoms with Crippen LogP contribution in [0.1, 0.15) is 40.3 Å². The molecule has 0 saturated carbocycles. The van der Waals surface area contributed by atoms with Crippen LogP contribution < -0.4 is 10.6 Å². The number of aryl methyl sites for hydroxylation is 1. The standard InChI is InChI=1S/C21H21FN4O/c1-14-12-19(20(27)23-13-17-10-6-7-11-18(17)22)26-21(24-14)25-15(2)16-8-4-3-5-9-16/h3-12,15H,13H2,1-2H3,(H,23,27)(H,24,25,26). The first-order valence-electron chi connectivity index (χ1n) is 8.71. The maximum absolute atomic E-state index is 13.7. The molecule has 2 N–H and O–H groups in total. The molecule has 1 amide bonds. The van der Waals surface area contributed by atoms with Crippen molar-refractivity contribution in [1.82, 2.24) is 15.3 Å². The normalized spacial score (nSPS) is 11.7. The fourth-order valence-corrected chi connectivity index (χ4v) is 2.68. The van der Waals surface area contributed by atoms with Gasteiger partial charge >= 0.3 is 0 Å². The van der Waals surface area contributed by atoms with Crippen molar-refractivity contribution in [1.29, 1.82) is 0 Å². The van der Waals surface area contributed by atoms with Gasteiger partial charge in [0, 0.05) is 17.8 Å². The number of benzene rings is 2. The van der Waals surface area contributed by atoms with Crippen LogP contribution in [0, 0.1) is 12.7 Å². The van der Waals surface area contributed by atoms with E-state index in [1.807, 2.05) is 37.3 Å². The fraction of sp³-hybridized carbons (Fsp3) is 0.190. The van der Waals surface area contributed by atoms with Crippen molar-refractivity contribution in [2.75, 3.05) is 5.32 Å². The minimum absolute atomic E-state index is 0.0117. The molecular formula is C21H21FN4O. The molecule has 3 rings (SSSR count). The lowest BCUT2D eigenvalue weighted by atomic mass is 10.1. The molecule has 0 spiro atoms. The molecule has 0 saturated heterocycles. The number of aromatic nitrogens is 2. The van der Waals surface area contributed by atoms with Gasteiger partial charge in [0.1, 0.15) is 11.5 Å². The molecule has 0 aliphatic heterocycles. The van der Waals surface area contributed by atoms with Crippen LogP contribution >= 0.6 is 0 Å². The summed E-state index contributed by atoms with van der Waals surface area (Å²) in [5.41, 5.74) is 2.42. The molecule has 3 aromatic rings. The molecular weight excluding hydrogens is 343 g/mol. The van der Waals surface area contributed by atoms with Gasteiger partial charge in [-0.2, -0.15) is 0 Å². The van der Waals surface area contributed by atoms with Crippen LogP contribution in [0.5, 0.6) is 0 Å². The molecule has 2 aromatic carbocycles. The van der Waals surface area contributed by atoms with Gasteiger partial charge in [0.25, 0.3) is 5.91 Å². The van der Waals surface area contributed by atoms with Crippen molar-refractivity contribution in [2.24, 2.45) is 0 Å². The zero-order valence-electron chi connectivity index (χ0n) is 15.2. The molecule has 0 bridgehead atoms. The van der Waals surface area contributed by atoms with E-state index in [2.05, 4.69) is 20.6 Å². The van der Waals surface area contributed by atoms with Crippen molar-refractivity contribution in [2.45, 2.75) is 26.4 Å². The second kappa shape index (κ2) is 8.40. The Morgan fingerprint density at radius 3 is 2.52 bits per heavy atom. The molecule has 6 heteroatoms. The van der Waals surface area contributed by atoms with Gasteiger partial charge in [0.2, 0.25) is 5.95 Å². The van der Waals surface area contributed by atoms with Crippen molar-refractivity contribution in [3.05, 3.63) is 89.0 Å². The first-order chi connectivity index (χ1) is 13.0. The van der Waals surface area contributed by atoms with Gasteiger partial charge in [-0.1, -0.05) is 48.5 Å². The van der Waals surface area contributed by atoms with Crippen LogP contribution in [0.25, 0.3) is 0 Å². The average molecular weight is 364 g/mol. The Morgan fingerprint density at radius 1 is 1.07 bits per heavy atom. The summed E-state index contributed by atoms with van der Waals surface area (Å²) in [5.74, 6) is -0.350. The summed E-state index contributed by atoms with van der Waals surface area (Å²) in [4.78, 5) is 21.1. The van der Waals surface area contributed by atoms with Crippen molar-refractivity contribution >= 4 is 11.9 Å². The van der Waals surface area contributed by atoms with Crippen LogP contribution in [-0.4, -0.2) is 15.9 Å². The first-order valence-corrected chi connectivity index (χ1v) is 8.71. The number of rotatable bonds is 6. The number of carbonyl (C=O) groups is 1. The van der Waals surface area contributed by atoms with E-state index in [0.717, 1.165) is 5.56 Å². The van der Waals surface area contributed by atoms with E-state index in [-0.39, 0.29) is 30.0 Å². The lowest BCUT2D eigenvalue weighted by Gasteiger charge is -2.15. The minimum Gasteiger partial charge on any atom is -0.348 e. The zero-order chi connectivity index (χ0) is 19.2. The van der Waals surface area contributed by atoms with E-state index < -0.39 is 0 Å². The van der Waals surface area contributed by atoms with Gasteiger partial charge < -0.3 is 10.6 Å². The van der Waals surface area contributed by atoms with E-state index in [9.17, 15) is 9.18 Å². The summed E-state index contributed by atoms with van der Waals surface area (Å²) in [7, 11) is 0. The number of nitrogens with one attached hydrogen (secondary N) is 2. The van der Waals surface area contributed by atoms with Crippen molar-refractivity contribution < 1.29 is 9.18 Å². The van der Waals surface area contributed by atoms with Gasteiger partial charge in [0.15, 0.2) is 0 Å². The molecule has 138 valence electrons. The molecule has 0 aliphatic carbocycles. The monoisotopic (exact) mass is 364 g/mol. The predicted octanol–water partition coefficient (Wildman–Crippen LogP) is 4.03. The highest BCUT2D eigenvalue weighted by Gasteiger charge is 2.13. The Balaban J connectivity index is 1.71. The first kappa shape index (κ1) is 18.5. The number of carbonyl (C=O) groups excluding carboxylic acids is 1. The Morgan fingerprint density at radius 2 is 1.78 bits per heavy atom. The van der Waals surface area contributed by atoms with E-state index in [1.165, 1.54) is 6.07 Å². The Bertz CT molecular complexity index is 930. The molecule has 0 aliphatic rings. The van der Waals surface area contributed by atoms with Crippen LogP contribution in [-0.2, 0) is 6.54 Å². The third-order valence-electron chi connectivity index (χ3n) is 4.13. The predicted molar refractivity (Wildman–Crippen MR) is 103 cm³/mol. The lowest BCUT2D eigenvalue weighted by Crippen LogP contribution is -2.25. The largest absolute Gasteiger partial charge is 0.348 e. The summed E-state index contributed by atoms with van der Waals surface area (Å²) in [5, 5.41) is 5.91. The molecule has 1 aromatic heterocycles. The van der Waals surface area contributed by atoms with Crippen LogP contribution in [0.15, 0.2) is 60.7 Å². The van der Waals surface area contributed by atoms with Crippen molar-refractivity contribution in [3.63, 3.8) is 0 Å². The topological polar surface area (TPSA) is 66.9 Å². The Hall–Kier alpha value is -3.28. The SMILES string of the molecule is Cc1cc(C(=O)NCc2ccccc2F)nc(NC(C)c2ccccc2)n1. The molecule has 27 heavy (non-hydrogen) atoms. The van der Waals surface area contributed by atoms with E-state index in [4.69, 9.17) is 0 Å². The number of hydrogen-bond acceptors (Lipinski definition) is 4. The number of hydrogen-bond donors (Lipinski definition) is 2. The summed E-state index contributed by atoms with van der Waals surface area (Å²) in [6, 6.07) is 17.8. The fourth-order valence-electron chi connectivity index (χ4n) is 2.68. The Kier molecular flexibility index (Phi) is 5.76. The molecule has 5 nitrogen and oxygen atoms in total. The highest BCUT2D eigenvalue weighted by Crippen LogP contribution is 2.17. The Labute approximate surface area is 157 Å². The van der Waals surface area contributed by atoms with Gasteiger partial charge in [-0.3, -0.25) is 4.79 Å². The quantitative estimate of drug-likeness (QED) is 0.693. The average Bonchev–Trinajstić information content (AvgIpc) is 2.67. The number of anilines is 1. The lowest BCUT2D eigenvalue weighted by molar-refractivity contribution is 0.0945. The third kappa shape index (κ3) is 4.88.